The molecule has 0 spiro atoms. The molecule has 0 bridgehead atoms. The first-order chi connectivity index (χ1) is 14.6. The maximum Gasteiger partial charge on any atom is 0.309 e. The highest BCUT2D eigenvalue weighted by atomic mass is 16.6. The van der Waals surface area contributed by atoms with Gasteiger partial charge in [0.1, 0.15) is 18.8 Å². The molecular formula is C24H34O7. The fourth-order valence-corrected chi connectivity index (χ4v) is 7.47. The summed E-state index contributed by atoms with van der Waals surface area (Å²) in [5, 5.41) is 31.7. The second kappa shape index (κ2) is 7.78. The number of allylic oxidation sites excluding steroid dienone is 1. The van der Waals surface area contributed by atoms with Crippen molar-refractivity contribution in [3.05, 3.63) is 11.6 Å². The van der Waals surface area contributed by atoms with Gasteiger partial charge in [0.2, 0.25) is 0 Å². The van der Waals surface area contributed by atoms with E-state index < -0.39 is 29.5 Å². The van der Waals surface area contributed by atoms with E-state index in [0.29, 0.717) is 32.3 Å². The van der Waals surface area contributed by atoms with Crippen molar-refractivity contribution < 1.29 is 34.4 Å². The molecule has 1 aliphatic heterocycles. The molecule has 3 saturated carbocycles. The molecule has 3 N–H and O–H groups in total. The zero-order chi connectivity index (χ0) is 22.6. The Morgan fingerprint density at radius 3 is 2.42 bits per heavy atom. The third kappa shape index (κ3) is 3.31. The third-order valence-corrected chi connectivity index (χ3v) is 9.22. The largest absolute Gasteiger partial charge is 0.465 e. The maximum atomic E-state index is 12.4. The van der Waals surface area contributed by atoms with Crippen LogP contribution in [0, 0.1) is 28.6 Å². The van der Waals surface area contributed by atoms with Crippen LogP contribution in [0.4, 0.5) is 0 Å². The first-order valence-corrected chi connectivity index (χ1v) is 11.5. The minimum Gasteiger partial charge on any atom is -0.465 e. The summed E-state index contributed by atoms with van der Waals surface area (Å²) in [5.74, 6) is 0.0751. The topological polar surface area (TPSA) is 121 Å². The summed E-state index contributed by atoms with van der Waals surface area (Å²) < 4.78 is 4.29. The predicted octanol–water partition coefficient (Wildman–Crippen LogP) is 1.71. The van der Waals surface area contributed by atoms with Gasteiger partial charge in [-0.3, -0.25) is 14.4 Å². The Morgan fingerprint density at radius 1 is 1.16 bits per heavy atom. The molecule has 7 atom stereocenters. The van der Waals surface area contributed by atoms with E-state index in [9.17, 15) is 29.7 Å². The Labute approximate surface area is 182 Å². The van der Waals surface area contributed by atoms with Crippen molar-refractivity contribution in [1.82, 2.24) is 0 Å². The van der Waals surface area contributed by atoms with Gasteiger partial charge in [0.05, 0.1) is 12.5 Å². The molecule has 172 valence electrons. The smallest absolute Gasteiger partial charge is 0.309 e. The SMILES string of the molecule is C[C@]12CCC(=O)C=C1CC[C@@H]1[C@@H]2[C@@H](O)C[C@@]2(C)[C@H]1CC[C@]2(O)C(=O)CO.O=C1CCO1. The van der Waals surface area contributed by atoms with Crippen molar-refractivity contribution >= 4 is 17.5 Å². The highest BCUT2D eigenvalue weighted by molar-refractivity contribution is 5.91. The Hall–Kier alpha value is -1.57. The van der Waals surface area contributed by atoms with Crippen LogP contribution < -0.4 is 0 Å². The number of ketones is 2. The van der Waals surface area contributed by atoms with Crippen molar-refractivity contribution in [2.45, 2.75) is 76.9 Å². The highest BCUT2D eigenvalue weighted by Gasteiger charge is 2.68. The lowest BCUT2D eigenvalue weighted by atomic mass is 9.45. The van der Waals surface area contributed by atoms with E-state index in [4.69, 9.17) is 0 Å². The van der Waals surface area contributed by atoms with Crippen LogP contribution in [0.5, 0.6) is 0 Å². The molecule has 0 amide bonds. The van der Waals surface area contributed by atoms with Gasteiger partial charge in [-0.2, -0.15) is 0 Å². The van der Waals surface area contributed by atoms with E-state index in [2.05, 4.69) is 11.7 Å². The summed E-state index contributed by atoms with van der Waals surface area (Å²) in [6.45, 7) is 4.10. The molecule has 0 aromatic carbocycles. The van der Waals surface area contributed by atoms with Gasteiger partial charge in [0.15, 0.2) is 11.6 Å². The Balaban J connectivity index is 0.000000407. The van der Waals surface area contributed by atoms with Gasteiger partial charge in [0, 0.05) is 11.8 Å². The van der Waals surface area contributed by atoms with Gasteiger partial charge >= 0.3 is 5.97 Å². The van der Waals surface area contributed by atoms with Crippen LogP contribution in [0.15, 0.2) is 11.6 Å². The molecule has 7 nitrogen and oxygen atoms in total. The standard InChI is InChI=1S/C21H30O5.C3H4O2/c1-19-7-5-13(23)9-12(19)3-4-14-15-6-8-21(26,17(25)11-22)20(15,2)10-16(24)18(14)19;4-3-1-2-5-3/h9,14-16,18,22,24,26H,3-8,10-11H2,1-2H3;1-2H2/t14-,15-,16-,18+,19-,20-,21-;/m0./s1. The molecule has 0 radical (unpaired) electrons. The summed E-state index contributed by atoms with van der Waals surface area (Å²) in [5.41, 5.74) is -1.23. The molecule has 0 aromatic heterocycles. The van der Waals surface area contributed by atoms with E-state index >= 15 is 0 Å². The van der Waals surface area contributed by atoms with E-state index in [1.54, 1.807) is 6.08 Å². The number of hydrogen-bond donors (Lipinski definition) is 3. The van der Waals surface area contributed by atoms with Crippen molar-refractivity contribution in [3.8, 4) is 0 Å². The number of aliphatic hydroxyl groups excluding tert-OH is 2. The molecule has 5 rings (SSSR count). The van der Waals surface area contributed by atoms with E-state index in [1.165, 1.54) is 5.57 Å². The fraction of sp³-hybridized carbons (Fsp3) is 0.792. The lowest BCUT2D eigenvalue weighted by molar-refractivity contribution is -0.182. The molecule has 7 heteroatoms. The lowest BCUT2D eigenvalue weighted by Gasteiger charge is -2.60. The molecule has 4 aliphatic carbocycles. The maximum absolute atomic E-state index is 12.4. The first-order valence-electron chi connectivity index (χ1n) is 11.5. The van der Waals surface area contributed by atoms with Crippen LogP contribution in [0.3, 0.4) is 0 Å². The quantitative estimate of drug-likeness (QED) is 0.566. The number of hydrogen-bond acceptors (Lipinski definition) is 7. The number of carbonyl (C=O) groups excluding carboxylic acids is 3. The molecular weight excluding hydrogens is 400 g/mol. The van der Waals surface area contributed by atoms with Crippen LogP contribution in [0.1, 0.15) is 65.2 Å². The van der Waals surface area contributed by atoms with Crippen molar-refractivity contribution in [2.75, 3.05) is 13.2 Å². The third-order valence-electron chi connectivity index (χ3n) is 9.22. The van der Waals surface area contributed by atoms with Crippen LogP contribution in [0.2, 0.25) is 0 Å². The highest BCUT2D eigenvalue weighted by Crippen LogP contribution is 2.67. The Morgan fingerprint density at radius 2 is 1.84 bits per heavy atom. The number of fused-ring (bicyclic) bond motifs is 5. The molecule has 1 heterocycles. The fourth-order valence-electron chi connectivity index (χ4n) is 7.47. The summed E-state index contributed by atoms with van der Waals surface area (Å²) in [6.07, 6.45) is 6.36. The Bertz CT molecular complexity index is 813. The predicted molar refractivity (Wildman–Crippen MR) is 111 cm³/mol. The van der Waals surface area contributed by atoms with E-state index in [1.807, 2.05) is 6.92 Å². The minimum absolute atomic E-state index is 0.0648. The normalized spacial score (nSPS) is 45.6. The van der Waals surface area contributed by atoms with Crippen LogP contribution in [-0.2, 0) is 19.1 Å². The average molecular weight is 435 g/mol. The molecule has 31 heavy (non-hydrogen) atoms. The van der Waals surface area contributed by atoms with Gasteiger partial charge in [-0.15, -0.1) is 0 Å². The first kappa shape index (κ1) is 22.6. The van der Waals surface area contributed by atoms with Crippen LogP contribution >= 0.6 is 0 Å². The van der Waals surface area contributed by atoms with Gasteiger partial charge in [-0.25, -0.2) is 0 Å². The zero-order valence-electron chi connectivity index (χ0n) is 18.4. The second-order valence-corrected chi connectivity index (χ2v) is 10.5. The van der Waals surface area contributed by atoms with Crippen molar-refractivity contribution in [1.29, 1.82) is 0 Å². The van der Waals surface area contributed by atoms with Gasteiger partial charge < -0.3 is 20.1 Å². The molecule has 1 saturated heterocycles. The number of ether oxygens (including phenoxy) is 1. The zero-order valence-corrected chi connectivity index (χ0v) is 18.4. The number of carbonyl (C=O) groups is 3. The van der Waals surface area contributed by atoms with Gasteiger partial charge in [-0.05, 0) is 67.8 Å². The van der Waals surface area contributed by atoms with Gasteiger partial charge in [0.25, 0.3) is 0 Å². The van der Waals surface area contributed by atoms with Crippen molar-refractivity contribution in [2.24, 2.45) is 28.6 Å². The number of esters is 1. The monoisotopic (exact) mass is 434 g/mol. The summed E-state index contributed by atoms with van der Waals surface area (Å²) in [4.78, 5) is 33.9. The minimum atomic E-state index is -1.54. The van der Waals surface area contributed by atoms with Crippen molar-refractivity contribution in [3.63, 3.8) is 0 Å². The average Bonchev–Trinajstić information content (AvgIpc) is 2.98. The molecule has 0 aromatic rings. The van der Waals surface area contributed by atoms with Gasteiger partial charge in [-0.1, -0.05) is 19.4 Å². The van der Waals surface area contributed by atoms with Crippen LogP contribution in [-0.4, -0.2) is 57.8 Å². The number of aliphatic hydroxyl groups is 3. The molecule has 4 fully saturated rings. The molecule has 0 unspecified atom stereocenters. The number of rotatable bonds is 2. The number of Topliss-reactive ketones (excluding diaryl/α,β-unsaturated/α-hetero) is 1. The Kier molecular flexibility index (Phi) is 5.68. The lowest BCUT2D eigenvalue weighted by Crippen LogP contribution is -2.62. The second-order valence-electron chi connectivity index (χ2n) is 10.5. The summed E-state index contributed by atoms with van der Waals surface area (Å²) >= 11 is 0. The summed E-state index contributed by atoms with van der Waals surface area (Å²) in [7, 11) is 0. The van der Waals surface area contributed by atoms with E-state index in [0.717, 1.165) is 25.7 Å². The number of cyclic esters (lactones) is 1. The molecule has 5 aliphatic rings. The van der Waals surface area contributed by atoms with Crippen LogP contribution in [0.25, 0.3) is 0 Å². The summed E-state index contributed by atoms with van der Waals surface area (Å²) in [6, 6.07) is 0. The van der Waals surface area contributed by atoms with E-state index in [-0.39, 0.29) is 34.9 Å².